The largest absolute Gasteiger partial charge is 0.370 e. The van der Waals surface area contributed by atoms with Gasteiger partial charge in [0.2, 0.25) is 0 Å². The van der Waals surface area contributed by atoms with Gasteiger partial charge < -0.3 is 10.2 Å². The lowest BCUT2D eigenvalue weighted by atomic mass is 10.0. The average molecular weight is 274 g/mol. The lowest BCUT2D eigenvalue weighted by Gasteiger charge is -2.22. The van der Waals surface area contributed by atoms with E-state index >= 15 is 0 Å². The Morgan fingerprint density at radius 3 is 2.50 bits per heavy atom. The number of hydrogen-bond acceptors (Lipinski definition) is 4. The predicted molar refractivity (Wildman–Crippen MR) is 83.3 cm³/mol. The molecule has 3 rings (SSSR count). The highest BCUT2D eigenvalue weighted by molar-refractivity contribution is 5.59. The molecule has 1 N–H and O–H groups in total. The average Bonchev–Trinajstić information content (AvgIpc) is 3.00. The van der Waals surface area contributed by atoms with E-state index in [4.69, 9.17) is 4.98 Å². The van der Waals surface area contributed by atoms with Crippen LogP contribution in [0.2, 0.25) is 0 Å². The summed E-state index contributed by atoms with van der Waals surface area (Å²) >= 11 is 0. The van der Waals surface area contributed by atoms with Gasteiger partial charge in [-0.1, -0.05) is 13.3 Å². The molecule has 2 heterocycles. The molecule has 110 valence electrons. The molecule has 1 aliphatic heterocycles. The number of nitrogens with one attached hydrogen (secondary N) is 1. The van der Waals surface area contributed by atoms with Crippen molar-refractivity contribution in [2.75, 3.05) is 29.9 Å². The van der Waals surface area contributed by atoms with Gasteiger partial charge in [0, 0.05) is 25.2 Å². The maximum Gasteiger partial charge on any atom is 0.137 e. The third-order valence-corrected chi connectivity index (χ3v) is 4.80. The lowest BCUT2D eigenvalue weighted by molar-refractivity contribution is 0.494. The Bertz CT molecular complexity index is 474. The van der Waals surface area contributed by atoms with E-state index in [1.54, 1.807) is 0 Å². The van der Waals surface area contributed by atoms with Crippen molar-refractivity contribution in [2.24, 2.45) is 11.8 Å². The summed E-state index contributed by atoms with van der Waals surface area (Å²) in [5, 5.41) is 3.44. The molecule has 0 amide bonds. The van der Waals surface area contributed by atoms with Crippen LogP contribution in [0, 0.1) is 25.7 Å². The molecule has 2 fully saturated rings. The van der Waals surface area contributed by atoms with Gasteiger partial charge >= 0.3 is 0 Å². The van der Waals surface area contributed by atoms with Crippen LogP contribution in [0.5, 0.6) is 0 Å². The van der Waals surface area contributed by atoms with Crippen LogP contribution in [0.15, 0.2) is 0 Å². The number of fused-ring (bicyclic) bond motifs is 1. The van der Waals surface area contributed by atoms with E-state index in [2.05, 4.69) is 29.0 Å². The Balaban J connectivity index is 1.84. The fraction of sp³-hybridized carbons (Fsp3) is 0.750. The number of nitrogens with zero attached hydrogens (tertiary/aromatic N) is 3. The molecule has 0 aromatic carbocycles. The van der Waals surface area contributed by atoms with E-state index in [0.717, 1.165) is 42.3 Å². The van der Waals surface area contributed by atoms with Crippen LogP contribution in [0.3, 0.4) is 0 Å². The minimum absolute atomic E-state index is 0.876. The van der Waals surface area contributed by atoms with E-state index in [1.165, 1.54) is 37.9 Å². The third kappa shape index (κ3) is 2.48. The molecule has 2 unspecified atom stereocenters. The zero-order valence-corrected chi connectivity index (χ0v) is 12.9. The molecule has 1 aromatic heterocycles. The van der Waals surface area contributed by atoms with Gasteiger partial charge in [-0.15, -0.1) is 0 Å². The Labute approximate surface area is 122 Å². The minimum atomic E-state index is 0.876. The van der Waals surface area contributed by atoms with Gasteiger partial charge in [-0.2, -0.15) is 0 Å². The van der Waals surface area contributed by atoms with E-state index in [9.17, 15) is 0 Å². The van der Waals surface area contributed by atoms with Crippen LogP contribution in [-0.2, 0) is 0 Å². The van der Waals surface area contributed by atoms with Gasteiger partial charge in [0.1, 0.15) is 17.5 Å². The van der Waals surface area contributed by atoms with Gasteiger partial charge in [-0.25, -0.2) is 9.97 Å². The van der Waals surface area contributed by atoms with Crippen molar-refractivity contribution < 1.29 is 0 Å². The maximum atomic E-state index is 4.73. The van der Waals surface area contributed by atoms with Crippen LogP contribution in [0.4, 0.5) is 11.6 Å². The van der Waals surface area contributed by atoms with E-state index < -0.39 is 0 Å². The molecule has 1 saturated carbocycles. The number of aryl methyl sites for hydroxylation is 1. The summed E-state index contributed by atoms with van der Waals surface area (Å²) in [7, 11) is 0. The van der Waals surface area contributed by atoms with Crippen LogP contribution < -0.4 is 10.2 Å². The highest BCUT2D eigenvalue weighted by atomic mass is 15.2. The van der Waals surface area contributed by atoms with Gasteiger partial charge in [0.25, 0.3) is 0 Å². The van der Waals surface area contributed by atoms with Crippen molar-refractivity contribution in [1.82, 2.24) is 9.97 Å². The predicted octanol–water partition coefficient (Wildman–Crippen LogP) is 3.15. The van der Waals surface area contributed by atoms with Crippen LogP contribution in [0.1, 0.15) is 44.0 Å². The van der Waals surface area contributed by atoms with Crippen LogP contribution in [-0.4, -0.2) is 29.6 Å². The zero-order chi connectivity index (χ0) is 14.1. The summed E-state index contributed by atoms with van der Waals surface area (Å²) < 4.78 is 0. The van der Waals surface area contributed by atoms with Crippen molar-refractivity contribution in [3.05, 3.63) is 11.4 Å². The Kier molecular flexibility index (Phi) is 3.81. The number of hydrogen-bond donors (Lipinski definition) is 1. The molecule has 20 heavy (non-hydrogen) atoms. The van der Waals surface area contributed by atoms with E-state index in [0.29, 0.717) is 0 Å². The summed E-state index contributed by atoms with van der Waals surface area (Å²) in [6.07, 6.45) is 5.36. The number of anilines is 2. The van der Waals surface area contributed by atoms with Gasteiger partial charge in [-0.05, 0) is 44.9 Å². The van der Waals surface area contributed by atoms with Crippen LogP contribution in [0.25, 0.3) is 0 Å². The quantitative estimate of drug-likeness (QED) is 0.915. The fourth-order valence-electron chi connectivity index (χ4n) is 3.75. The van der Waals surface area contributed by atoms with Crippen molar-refractivity contribution in [3.8, 4) is 0 Å². The molecule has 1 saturated heterocycles. The maximum absolute atomic E-state index is 4.73. The second-order valence-electron chi connectivity index (χ2n) is 6.35. The second kappa shape index (κ2) is 5.58. The minimum Gasteiger partial charge on any atom is -0.370 e. The van der Waals surface area contributed by atoms with Crippen molar-refractivity contribution in [1.29, 1.82) is 0 Å². The summed E-state index contributed by atoms with van der Waals surface area (Å²) in [6.45, 7) is 9.68. The summed E-state index contributed by atoms with van der Waals surface area (Å²) in [5.41, 5.74) is 1.21. The highest BCUT2D eigenvalue weighted by Gasteiger charge is 2.37. The lowest BCUT2D eigenvalue weighted by Crippen LogP contribution is -2.24. The normalized spacial score (nSPS) is 25.1. The molecule has 2 aliphatic rings. The fourth-order valence-corrected chi connectivity index (χ4v) is 3.75. The van der Waals surface area contributed by atoms with Crippen LogP contribution >= 0.6 is 0 Å². The standard InChI is InChI=1S/C16H26N4/c1-4-8-17-15-11(2)16(19-12(3)18-15)20-9-13-6-5-7-14(13)10-20/h13-14H,4-10H2,1-3H3,(H,17,18,19). The van der Waals surface area contributed by atoms with Crippen molar-refractivity contribution in [2.45, 2.75) is 46.5 Å². The molecule has 4 nitrogen and oxygen atoms in total. The van der Waals surface area contributed by atoms with Crippen molar-refractivity contribution in [3.63, 3.8) is 0 Å². The Morgan fingerprint density at radius 2 is 1.85 bits per heavy atom. The topological polar surface area (TPSA) is 41.1 Å². The Hall–Kier alpha value is -1.32. The monoisotopic (exact) mass is 274 g/mol. The zero-order valence-electron chi connectivity index (χ0n) is 12.9. The molecule has 1 aliphatic carbocycles. The molecule has 0 radical (unpaired) electrons. The summed E-state index contributed by atoms with van der Waals surface area (Å²) in [6, 6.07) is 0. The molecular weight excluding hydrogens is 248 g/mol. The second-order valence-corrected chi connectivity index (χ2v) is 6.35. The van der Waals surface area contributed by atoms with Gasteiger partial charge in [-0.3, -0.25) is 0 Å². The van der Waals surface area contributed by atoms with E-state index in [-0.39, 0.29) is 0 Å². The molecule has 0 bridgehead atoms. The molecule has 1 aromatic rings. The third-order valence-electron chi connectivity index (χ3n) is 4.80. The molecular formula is C16H26N4. The van der Waals surface area contributed by atoms with Gasteiger partial charge in [0.15, 0.2) is 0 Å². The number of aromatic nitrogens is 2. The van der Waals surface area contributed by atoms with Crippen molar-refractivity contribution >= 4 is 11.6 Å². The van der Waals surface area contributed by atoms with E-state index in [1.807, 2.05) is 6.92 Å². The highest BCUT2D eigenvalue weighted by Crippen LogP contribution is 2.40. The first-order chi connectivity index (χ1) is 9.69. The van der Waals surface area contributed by atoms with Gasteiger partial charge in [0.05, 0.1) is 0 Å². The molecule has 4 heteroatoms. The summed E-state index contributed by atoms with van der Waals surface area (Å²) in [5.74, 6) is 4.85. The Morgan fingerprint density at radius 1 is 1.15 bits per heavy atom. The first-order valence-electron chi connectivity index (χ1n) is 8.03. The SMILES string of the molecule is CCCNc1nc(C)nc(N2CC3CCCC3C2)c1C. The smallest absolute Gasteiger partial charge is 0.137 e. The first-order valence-corrected chi connectivity index (χ1v) is 8.03. The molecule has 2 atom stereocenters. The number of rotatable bonds is 4. The molecule has 0 spiro atoms. The summed E-state index contributed by atoms with van der Waals surface area (Å²) in [4.78, 5) is 11.8. The first kappa shape index (κ1) is 13.7.